The number of carbonyl (C=O) groups is 1. The number of alkyl halides is 3. The van der Waals surface area contributed by atoms with Crippen molar-refractivity contribution in [2.75, 3.05) is 6.61 Å². The lowest BCUT2D eigenvalue weighted by molar-refractivity contribution is -0.137. The third-order valence-electron chi connectivity index (χ3n) is 3.44. The van der Waals surface area contributed by atoms with Gasteiger partial charge in [-0.25, -0.2) is 10.2 Å². The number of amides is 1. The first-order valence-corrected chi connectivity index (χ1v) is 7.19. The summed E-state index contributed by atoms with van der Waals surface area (Å²) in [7, 11) is 0. The van der Waals surface area contributed by atoms with E-state index < -0.39 is 17.8 Å². The highest BCUT2D eigenvalue weighted by molar-refractivity contribution is 6.30. The molecule has 0 radical (unpaired) electrons. The summed E-state index contributed by atoms with van der Waals surface area (Å²) in [6.07, 6.45) is -5.29. The molecule has 3 rings (SSSR count). The van der Waals surface area contributed by atoms with E-state index >= 15 is 0 Å². The Labute approximate surface area is 139 Å². The second-order valence-corrected chi connectivity index (χ2v) is 5.45. The zero-order valence-electron chi connectivity index (χ0n) is 12.0. The Morgan fingerprint density at radius 3 is 2.33 bits per heavy atom. The molecule has 1 heterocycles. The van der Waals surface area contributed by atoms with Crippen molar-refractivity contribution in [2.24, 2.45) is 5.10 Å². The molecule has 2 aromatic carbocycles. The number of rotatable bonds is 2. The molecular formula is C16H10ClF3N2O2. The van der Waals surface area contributed by atoms with Gasteiger partial charge < -0.3 is 4.74 Å². The van der Waals surface area contributed by atoms with Crippen molar-refractivity contribution in [1.29, 1.82) is 0 Å². The highest BCUT2D eigenvalue weighted by Crippen LogP contribution is 2.38. The zero-order chi connectivity index (χ0) is 17.3. The minimum atomic E-state index is -4.55. The Hall–Kier alpha value is -2.54. The maximum atomic E-state index is 13.5. The van der Waals surface area contributed by atoms with Crippen molar-refractivity contribution in [2.45, 2.75) is 6.18 Å². The fraction of sp³-hybridized carbons (Fsp3) is 0.125. The van der Waals surface area contributed by atoms with Gasteiger partial charge in [-0.15, -0.1) is 0 Å². The largest absolute Gasteiger partial charge is 0.442 e. The van der Waals surface area contributed by atoms with Crippen LogP contribution in [0.15, 0.2) is 47.6 Å². The van der Waals surface area contributed by atoms with Crippen LogP contribution in [0.3, 0.4) is 0 Å². The van der Waals surface area contributed by atoms with Crippen molar-refractivity contribution < 1.29 is 22.7 Å². The van der Waals surface area contributed by atoms with Crippen molar-refractivity contribution in [3.8, 4) is 11.1 Å². The predicted molar refractivity (Wildman–Crippen MR) is 82.9 cm³/mol. The summed E-state index contributed by atoms with van der Waals surface area (Å²) in [5.41, 5.74) is 2.13. The van der Waals surface area contributed by atoms with E-state index in [1.54, 1.807) is 0 Å². The fourth-order valence-corrected chi connectivity index (χ4v) is 2.42. The van der Waals surface area contributed by atoms with Crippen molar-refractivity contribution in [1.82, 2.24) is 5.43 Å². The number of hydrogen-bond acceptors (Lipinski definition) is 3. The fourth-order valence-electron chi connectivity index (χ4n) is 2.30. The van der Waals surface area contributed by atoms with Gasteiger partial charge in [0.25, 0.3) is 0 Å². The van der Waals surface area contributed by atoms with Crippen molar-refractivity contribution in [3.63, 3.8) is 0 Å². The van der Waals surface area contributed by atoms with Crippen LogP contribution in [0, 0.1) is 0 Å². The van der Waals surface area contributed by atoms with Gasteiger partial charge in [0.1, 0.15) is 12.3 Å². The highest BCUT2D eigenvalue weighted by atomic mass is 35.5. The molecule has 8 heteroatoms. The Bertz CT molecular complexity index is 817. The molecule has 0 atom stereocenters. The standard InChI is InChI=1S/C16H10ClF3N2O2/c17-11-4-1-9(2-5-11)12-6-3-10(7-13(12)16(18,19)20)14-8-24-15(23)22-21-14/h1-7H,8H2,(H,22,23). The van der Waals surface area contributed by atoms with Gasteiger partial charge in [-0.05, 0) is 29.3 Å². The number of nitrogens with zero attached hydrogens (tertiary/aromatic N) is 1. The van der Waals surface area contributed by atoms with Gasteiger partial charge >= 0.3 is 12.3 Å². The average molecular weight is 355 g/mol. The van der Waals surface area contributed by atoms with Gasteiger partial charge in [-0.1, -0.05) is 35.9 Å². The first-order valence-electron chi connectivity index (χ1n) is 6.81. The highest BCUT2D eigenvalue weighted by Gasteiger charge is 2.34. The molecule has 2 aromatic rings. The summed E-state index contributed by atoms with van der Waals surface area (Å²) in [4.78, 5) is 10.9. The third-order valence-corrected chi connectivity index (χ3v) is 3.69. The first-order chi connectivity index (χ1) is 11.3. The summed E-state index contributed by atoms with van der Waals surface area (Å²) in [5, 5.41) is 4.16. The van der Waals surface area contributed by atoms with Crippen LogP contribution in [0.25, 0.3) is 11.1 Å². The lowest BCUT2D eigenvalue weighted by atomic mass is 9.95. The number of hydrogen-bond donors (Lipinski definition) is 1. The van der Waals surface area contributed by atoms with E-state index in [4.69, 9.17) is 16.3 Å². The molecule has 1 aliphatic heterocycles. The zero-order valence-corrected chi connectivity index (χ0v) is 12.8. The smallest absolute Gasteiger partial charge is 0.428 e. The van der Waals surface area contributed by atoms with E-state index in [1.165, 1.54) is 36.4 Å². The average Bonchev–Trinajstić information content (AvgIpc) is 2.55. The second-order valence-electron chi connectivity index (χ2n) is 5.01. The summed E-state index contributed by atoms with van der Waals surface area (Å²) >= 11 is 5.78. The topological polar surface area (TPSA) is 50.7 Å². The molecule has 0 aromatic heterocycles. The Kier molecular flexibility index (Phi) is 4.19. The van der Waals surface area contributed by atoms with Crippen LogP contribution < -0.4 is 5.43 Å². The Balaban J connectivity index is 2.08. The first kappa shape index (κ1) is 16.3. The maximum Gasteiger partial charge on any atom is 0.428 e. The van der Waals surface area contributed by atoms with Crippen LogP contribution in [0.4, 0.5) is 18.0 Å². The lowest BCUT2D eigenvalue weighted by Gasteiger charge is -2.17. The summed E-state index contributed by atoms with van der Waals surface area (Å²) < 4.78 is 45.1. The summed E-state index contributed by atoms with van der Waals surface area (Å²) in [5.74, 6) is 0. The number of cyclic esters (lactones) is 1. The minimum absolute atomic E-state index is 0.0317. The lowest BCUT2D eigenvalue weighted by Crippen LogP contribution is -2.30. The molecule has 4 nitrogen and oxygen atoms in total. The summed E-state index contributed by atoms with van der Waals surface area (Å²) in [6, 6.07) is 9.95. The third kappa shape index (κ3) is 3.35. The number of nitrogens with one attached hydrogen (secondary N) is 1. The Morgan fingerprint density at radius 2 is 1.75 bits per heavy atom. The minimum Gasteiger partial charge on any atom is -0.442 e. The molecule has 1 amide bonds. The van der Waals surface area contributed by atoms with E-state index in [0.29, 0.717) is 10.6 Å². The molecule has 24 heavy (non-hydrogen) atoms. The van der Waals surface area contributed by atoms with Crippen LogP contribution >= 0.6 is 11.6 Å². The number of carbonyl (C=O) groups excluding carboxylic acids is 1. The van der Waals surface area contributed by atoms with E-state index in [2.05, 4.69) is 10.5 Å². The van der Waals surface area contributed by atoms with Crippen LogP contribution in [0.1, 0.15) is 11.1 Å². The van der Waals surface area contributed by atoms with E-state index in [9.17, 15) is 18.0 Å². The van der Waals surface area contributed by atoms with Gasteiger partial charge in [0, 0.05) is 10.6 Å². The molecule has 0 fully saturated rings. The number of ether oxygens (including phenoxy) is 1. The van der Waals surface area contributed by atoms with Crippen LogP contribution in [0.2, 0.25) is 5.02 Å². The molecule has 1 N–H and O–H groups in total. The van der Waals surface area contributed by atoms with E-state index in [1.807, 2.05) is 0 Å². The van der Waals surface area contributed by atoms with E-state index in [0.717, 1.165) is 6.07 Å². The number of hydrazone groups is 1. The molecule has 0 saturated heterocycles. The number of benzene rings is 2. The van der Waals surface area contributed by atoms with Gasteiger partial charge in [-0.3, -0.25) is 0 Å². The second kappa shape index (κ2) is 6.16. The van der Waals surface area contributed by atoms with Crippen molar-refractivity contribution in [3.05, 3.63) is 58.6 Å². The van der Waals surface area contributed by atoms with Crippen LogP contribution in [-0.4, -0.2) is 18.4 Å². The van der Waals surface area contributed by atoms with Gasteiger partial charge in [-0.2, -0.15) is 18.3 Å². The molecule has 124 valence electrons. The summed E-state index contributed by atoms with van der Waals surface area (Å²) in [6.45, 7) is -0.191. The number of halogens is 4. The quantitative estimate of drug-likeness (QED) is 0.865. The predicted octanol–water partition coefficient (Wildman–Crippen LogP) is 4.47. The van der Waals surface area contributed by atoms with Crippen LogP contribution in [-0.2, 0) is 10.9 Å². The normalized spacial score (nSPS) is 14.7. The molecule has 0 saturated carbocycles. The van der Waals surface area contributed by atoms with Gasteiger partial charge in [0.2, 0.25) is 0 Å². The maximum absolute atomic E-state index is 13.5. The molecule has 0 bridgehead atoms. The van der Waals surface area contributed by atoms with Crippen LogP contribution in [0.5, 0.6) is 0 Å². The molecule has 0 aliphatic carbocycles. The molecule has 1 aliphatic rings. The molecular weight excluding hydrogens is 345 g/mol. The monoisotopic (exact) mass is 354 g/mol. The van der Waals surface area contributed by atoms with Gasteiger partial charge in [0.05, 0.1) is 5.56 Å². The SMILES string of the molecule is O=C1NN=C(c2ccc(-c3ccc(Cl)cc3)c(C(F)(F)F)c2)CO1. The molecule has 0 unspecified atom stereocenters. The van der Waals surface area contributed by atoms with Gasteiger partial charge in [0.15, 0.2) is 0 Å². The van der Waals surface area contributed by atoms with Crippen molar-refractivity contribution >= 4 is 23.4 Å². The molecule has 0 spiro atoms. The Morgan fingerprint density at radius 1 is 1.08 bits per heavy atom. The van der Waals surface area contributed by atoms with E-state index in [-0.39, 0.29) is 23.4 Å².